The topological polar surface area (TPSA) is 75.6 Å². The summed E-state index contributed by atoms with van der Waals surface area (Å²) < 4.78 is 4.86. The van der Waals surface area contributed by atoms with Crippen LogP contribution in [0, 0.1) is 5.92 Å². The minimum absolute atomic E-state index is 0.142. The van der Waals surface area contributed by atoms with Gasteiger partial charge in [-0.1, -0.05) is 13.8 Å². The number of alkyl carbamates (subject to hydrolysis) is 1. The highest BCUT2D eigenvalue weighted by atomic mass is 16.5. The third kappa shape index (κ3) is 10.7. The smallest absolute Gasteiger partial charge is 0.407 e. The van der Waals surface area contributed by atoms with Gasteiger partial charge < -0.3 is 15.2 Å². The number of carbonyl (C=O) groups excluding carboxylic acids is 1. The predicted molar refractivity (Wildman–Crippen MR) is 55.7 cm³/mol. The van der Waals surface area contributed by atoms with E-state index in [1.807, 2.05) is 13.8 Å². The molecule has 0 spiro atoms. The Bertz CT molecular complexity index is 204. The number of aliphatic carboxylic acids is 1. The SMILES string of the molecule is CC(C)COC(=O)NCCCCC(=O)O. The Morgan fingerprint density at radius 2 is 2.00 bits per heavy atom. The molecule has 0 heterocycles. The Morgan fingerprint density at radius 1 is 1.33 bits per heavy atom. The van der Waals surface area contributed by atoms with Gasteiger partial charge in [-0.2, -0.15) is 0 Å². The van der Waals surface area contributed by atoms with Crippen molar-refractivity contribution in [2.75, 3.05) is 13.2 Å². The van der Waals surface area contributed by atoms with Crippen molar-refractivity contribution in [3.05, 3.63) is 0 Å². The van der Waals surface area contributed by atoms with Crippen molar-refractivity contribution in [1.29, 1.82) is 0 Å². The fourth-order valence-corrected chi connectivity index (χ4v) is 0.885. The number of rotatable bonds is 7. The molecule has 2 N–H and O–H groups in total. The van der Waals surface area contributed by atoms with Gasteiger partial charge in [-0.25, -0.2) is 4.79 Å². The molecule has 0 saturated heterocycles. The fourth-order valence-electron chi connectivity index (χ4n) is 0.885. The van der Waals surface area contributed by atoms with Crippen LogP contribution in [-0.4, -0.2) is 30.3 Å². The van der Waals surface area contributed by atoms with Crippen LogP contribution in [0.5, 0.6) is 0 Å². The normalized spacial score (nSPS) is 10.1. The number of unbranched alkanes of at least 4 members (excludes halogenated alkanes) is 1. The van der Waals surface area contributed by atoms with E-state index in [4.69, 9.17) is 9.84 Å². The number of ether oxygens (including phenoxy) is 1. The van der Waals surface area contributed by atoms with Gasteiger partial charge in [0.2, 0.25) is 0 Å². The monoisotopic (exact) mass is 217 g/mol. The van der Waals surface area contributed by atoms with Gasteiger partial charge in [-0.3, -0.25) is 4.79 Å². The summed E-state index contributed by atoms with van der Waals surface area (Å²) in [5.41, 5.74) is 0. The summed E-state index contributed by atoms with van der Waals surface area (Å²) in [6.45, 7) is 4.78. The highest BCUT2D eigenvalue weighted by Crippen LogP contribution is 1.95. The molecule has 0 aromatic carbocycles. The average Bonchev–Trinajstić information content (AvgIpc) is 2.13. The first-order valence-corrected chi connectivity index (χ1v) is 5.14. The van der Waals surface area contributed by atoms with Gasteiger partial charge in [0.15, 0.2) is 0 Å². The van der Waals surface area contributed by atoms with Crippen molar-refractivity contribution in [3.63, 3.8) is 0 Å². The Kier molecular flexibility index (Phi) is 7.40. The van der Waals surface area contributed by atoms with E-state index in [1.165, 1.54) is 0 Å². The zero-order valence-corrected chi connectivity index (χ0v) is 9.28. The molecule has 5 nitrogen and oxygen atoms in total. The van der Waals surface area contributed by atoms with Crippen molar-refractivity contribution < 1.29 is 19.4 Å². The molecule has 15 heavy (non-hydrogen) atoms. The molecule has 5 heteroatoms. The van der Waals surface area contributed by atoms with Gasteiger partial charge in [-0.15, -0.1) is 0 Å². The molecule has 0 aliphatic rings. The Morgan fingerprint density at radius 3 is 2.53 bits per heavy atom. The molecule has 1 amide bonds. The van der Waals surface area contributed by atoms with Crippen LogP contribution in [-0.2, 0) is 9.53 Å². The van der Waals surface area contributed by atoms with E-state index in [1.54, 1.807) is 0 Å². The van der Waals surface area contributed by atoms with Crippen LogP contribution in [0.25, 0.3) is 0 Å². The van der Waals surface area contributed by atoms with Crippen molar-refractivity contribution in [1.82, 2.24) is 5.32 Å². The maximum atomic E-state index is 11.0. The molecule has 0 saturated carbocycles. The molecule has 0 aromatic heterocycles. The number of hydrogen-bond donors (Lipinski definition) is 2. The predicted octanol–water partition coefficient (Wildman–Crippen LogP) is 1.62. The first-order valence-electron chi connectivity index (χ1n) is 5.14. The number of hydrogen-bond acceptors (Lipinski definition) is 3. The lowest BCUT2D eigenvalue weighted by Gasteiger charge is -2.08. The quantitative estimate of drug-likeness (QED) is 0.635. The molecule has 0 aromatic rings. The van der Waals surface area contributed by atoms with Crippen LogP contribution in [0.1, 0.15) is 33.1 Å². The first-order chi connectivity index (χ1) is 7.02. The van der Waals surface area contributed by atoms with E-state index in [2.05, 4.69) is 5.32 Å². The van der Waals surface area contributed by atoms with Crippen LogP contribution < -0.4 is 5.32 Å². The van der Waals surface area contributed by atoms with E-state index in [-0.39, 0.29) is 6.42 Å². The lowest BCUT2D eigenvalue weighted by molar-refractivity contribution is -0.137. The number of amides is 1. The number of nitrogens with one attached hydrogen (secondary N) is 1. The van der Waals surface area contributed by atoms with Crippen LogP contribution in [0.15, 0.2) is 0 Å². The summed E-state index contributed by atoms with van der Waals surface area (Å²) in [7, 11) is 0. The van der Waals surface area contributed by atoms with Gasteiger partial charge in [0, 0.05) is 13.0 Å². The molecule has 0 rings (SSSR count). The van der Waals surface area contributed by atoms with Gasteiger partial charge in [0.1, 0.15) is 0 Å². The third-order valence-corrected chi connectivity index (χ3v) is 1.63. The maximum Gasteiger partial charge on any atom is 0.407 e. The standard InChI is InChI=1S/C10H19NO4/c1-8(2)7-15-10(14)11-6-4-3-5-9(12)13/h8H,3-7H2,1-2H3,(H,11,14)(H,12,13). The van der Waals surface area contributed by atoms with Crippen molar-refractivity contribution in [3.8, 4) is 0 Å². The van der Waals surface area contributed by atoms with Crippen molar-refractivity contribution in [2.24, 2.45) is 5.92 Å². The fraction of sp³-hybridized carbons (Fsp3) is 0.800. The Balaban J connectivity index is 3.28. The van der Waals surface area contributed by atoms with Crippen LogP contribution >= 0.6 is 0 Å². The van der Waals surface area contributed by atoms with Gasteiger partial charge in [-0.05, 0) is 18.8 Å². The molecule has 0 atom stereocenters. The lowest BCUT2D eigenvalue weighted by atomic mass is 10.2. The molecule has 0 radical (unpaired) electrons. The number of carbonyl (C=O) groups is 2. The van der Waals surface area contributed by atoms with Crippen LogP contribution in [0.4, 0.5) is 4.79 Å². The van der Waals surface area contributed by atoms with Crippen LogP contribution in [0.2, 0.25) is 0 Å². The largest absolute Gasteiger partial charge is 0.481 e. The molecule has 0 bridgehead atoms. The summed E-state index contributed by atoms with van der Waals surface area (Å²) in [6, 6.07) is 0. The minimum atomic E-state index is -0.808. The second-order valence-electron chi connectivity index (χ2n) is 3.77. The van der Waals surface area contributed by atoms with Crippen molar-refractivity contribution in [2.45, 2.75) is 33.1 Å². The van der Waals surface area contributed by atoms with E-state index in [0.29, 0.717) is 31.9 Å². The van der Waals surface area contributed by atoms with E-state index in [0.717, 1.165) is 0 Å². The minimum Gasteiger partial charge on any atom is -0.481 e. The highest BCUT2D eigenvalue weighted by Gasteiger charge is 2.02. The van der Waals surface area contributed by atoms with E-state index >= 15 is 0 Å². The lowest BCUT2D eigenvalue weighted by Crippen LogP contribution is -2.26. The number of carboxylic acid groups (broad SMARTS) is 1. The van der Waals surface area contributed by atoms with Gasteiger partial charge >= 0.3 is 12.1 Å². The summed E-state index contributed by atoms with van der Waals surface area (Å²) >= 11 is 0. The maximum absolute atomic E-state index is 11.0. The molecule has 0 unspecified atom stereocenters. The molecular formula is C10H19NO4. The van der Waals surface area contributed by atoms with Crippen LogP contribution in [0.3, 0.4) is 0 Å². The van der Waals surface area contributed by atoms with Gasteiger partial charge in [0.25, 0.3) is 0 Å². The molecule has 88 valence electrons. The van der Waals surface area contributed by atoms with Crippen molar-refractivity contribution >= 4 is 12.1 Å². The van der Waals surface area contributed by atoms with E-state index < -0.39 is 12.1 Å². The molecule has 0 fully saturated rings. The van der Waals surface area contributed by atoms with Gasteiger partial charge in [0.05, 0.1) is 6.61 Å². The molecule has 0 aliphatic heterocycles. The zero-order chi connectivity index (χ0) is 11.7. The first kappa shape index (κ1) is 13.7. The highest BCUT2D eigenvalue weighted by molar-refractivity contribution is 5.67. The third-order valence-electron chi connectivity index (χ3n) is 1.63. The summed E-state index contributed by atoms with van der Waals surface area (Å²) in [5, 5.41) is 10.9. The number of carboxylic acids is 1. The second-order valence-corrected chi connectivity index (χ2v) is 3.77. The Labute approximate surface area is 89.8 Å². The summed E-state index contributed by atoms with van der Waals surface area (Å²) in [5.74, 6) is -0.486. The zero-order valence-electron chi connectivity index (χ0n) is 9.28. The van der Waals surface area contributed by atoms with E-state index in [9.17, 15) is 9.59 Å². The Hall–Kier alpha value is -1.26. The molecule has 0 aliphatic carbocycles. The second kappa shape index (κ2) is 8.08. The average molecular weight is 217 g/mol. The summed E-state index contributed by atoms with van der Waals surface area (Å²) in [6.07, 6.45) is 0.935. The molecular weight excluding hydrogens is 198 g/mol. The summed E-state index contributed by atoms with van der Waals surface area (Å²) in [4.78, 5) is 21.2.